The van der Waals surface area contributed by atoms with Gasteiger partial charge in [0.2, 0.25) is 0 Å². The Balaban J connectivity index is 1.54. The van der Waals surface area contributed by atoms with Crippen molar-refractivity contribution in [2.75, 3.05) is 20.6 Å². The number of aryl methyl sites for hydroxylation is 1. The van der Waals surface area contributed by atoms with Gasteiger partial charge in [-0.3, -0.25) is 4.99 Å². The molecule has 0 unspecified atom stereocenters. The van der Waals surface area contributed by atoms with Crippen LogP contribution in [0.4, 0.5) is 0 Å². The lowest BCUT2D eigenvalue weighted by molar-refractivity contribution is 0.476. The lowest BCUT2D eigenvalue weighted by Gasteiger charge is -2.22. The molecule has 3 rings (SSSR count). The van der Waals surface area contributed by atoms with Gasteiger partial charge >= 0.3 is 0 Å². The van der Waals surface area contributed by atoms with Crippen LogP contribution >= 0.6 is 11.3 Å². The second-order valence-corrected chi connectivity index (χ2v) is 6.83. The number of guanidine groups is 1. The van der Waals surface area contributed by atoms with E-state index < -0.39 is 0 Å². The minimum atomic E-state index is 0.670. The van der Waals surface area contributed by atoms with E-state index in [4.69, 9.17) is 0 Å². The Kier molecular flexibility index (Phi) is 5.27. The molecule has 7 heteroatoms. The zero-order valence-electron chi connectivity index (χ0n) is 13.8. The van der Waals surface area contributed by atoms with E-state index in [0.717, 1.165) is 43.5 Å². The Labute approximate surface area is 141 Å². The highest BCUT2D eigenvalue weighted by atomic mass is 32.1. The lowest BCUT2D eigenvalue weighted by Crippen LogP contribution is -2.40. The van der Waals surface area contributed by atoms with Gasteiger partial charge in [-0.25, -0.2) is 0 Å². The molecule has 0 atom stereocenters. The number of thiophene rings is 1. The smallest absolute Gasteiger partial charge is 0.193 e. The predicted molar refractivity (Wildman–Crippen MR) is 93.8 cm³/mol. The number of fused-ring (bicyclic) bond motifs is 1. The number of hydrogen-bond acceptors (Lipinski definition) is 4. The number of aliphatic imine (C=N–C) groups is 1. The average Bonchev–Trinajstić information content (AvgIpc) is 3.23. The minimum Gasteiger partial charge on any atom is -0.349 e. The second kappa shape index (κ2) is 7.59. The fourth-order valence-electron chi connectivity index (χ4n) is 2.88. The molecule has 0 spiro atoms. The molecule has 0 aromatic carbocycles. The summed E-state index contributed by atoms with van der Waals surface area (Å²) in [5, 5.41) is 14.2. The Morgan fingerprint density at radius 2 is 2.35 bits per heavy atom. The molecular weight excluding hydrogens is 308 g/mol. The van der Waals surface area contributed by atoms with Gasteiger partial charge in [0.15, 0.2) is 11.8 Å². The van der Waals surface area contributed by atoms with Crippen molar-refractivity contribution in [2.24, 2.45) is 4.99 Å². The summed E-state index contributed by atoms with van der Waals surface area (Å²) in [6.07, 6.45) is 4.52. The van der Waals surface area contributed by atoms with Crippen molar-refractivity contribution >= 4 is 17.3 Å². The van der Waals surface area contributed by atoms with E-state index >= 15 is 0 Å². The summed E-state index contributed by atoms with van der Waals surface area (Å²) in [7, 11) is 3.89. The Hall–Kier alpha value is -1.89. The summed E-state index contributed by atoms with van der Waals surface area (Å²) in [4.78, 5) is 7.94. The summed E-state index contributed by atoms with van der Waals surface area (Å²) in [5.74, 6) is 3.02. The number of hydrogen-bond donors (Lipinski definition) is 1. The Morgan fingerprint density at radius 3 is 3.13 bits per heavy atom. The van der Waals surface area contributed by atoms with E-state index in [0.29, 0.717) is 6.54 Å². The fourth-order valence-corrected chi connectivity index (χ4v) is 3.58. The Bertz CT molecular complexity index is 646. The largest absolute Gasteiger partial charge is 0.349 e. The molecule has 0 radical (unpaired) electrons. The van der Waals surface area contributed by atoms with Crippen LogP contribution in [-0.4, -0.2) is 46.3 Å². The monoisotopic (exact) mass is 332 g/mol. The van der Waals surface area contributed by atoms with Crippen LogP contribution in [0.25, 0.3) is 0 Å². The van der Waals surface area contributed by atoms with Gasteiger partial charge in [0.05, 0.1) is 6.54 Å². The molecule has 1 N–H and O–H groups in total. The van der Waals surface area contributed by atoms with Crippen LogP contribution in [-0.2, 0) is 25.9 Å². The molecule has 0 aliphatic carbocycles. The van der Waals surface area contributed by atoms with Gasteiger partial charge in [-0.05, 0) is 30.7 Å². The molecule has 0 bridgehead atoms. The number of likely N-dealkylation sites (N-methyl/N-ethyl adjacent to an activating group) is 1. The zero-order chi connectivity index (χ0) is 16.1. The molecule has 2 aromatic rings. The first kappa shape index (κ1) is 16.0. The minimum absolute atomic E-state index is 0.670. The molecule has 1 aliphatic heterocycles. The maximum atomic E-state index is 4.38. The highest BCUT2D eigenvalue weighted by molar-refractivity contribution is 7.09. The second-order valence-electron chi connectivity index (χ2n) is 5.79. The van der Waals surface area contributed by atoms with Crippen LogP contribution in [0.2, 0.25) is 0 Å². The third kappa shape index (κ3) is 3.90. The van der Waals surface area contributed by atoms with Crippen LogP contribution in [0, 0.1) is 0 Å². The van der Waals surface area contributed by atoms with E-state index in [9.17, 15) is 0 Å². The standard InChI is InChI=1S/C16H24N6S/c1-17-16(21(2)10-8-13-6-5-11-23-13)18-12-15-20-19-14-7-3-4-9-22(14)15/h5-6,11H,3-4,7-10,12H2,1-2H3,(H,17,18). The van der Waals surface area contributed by atoms with Crippen molar-refractivity contribution in [3.63, 3.8) is 0 Å². The molecule has 23 heavy (non-hydrogen) atoms. The van der Waals surface area contributed by atoms with Crippen LogP contribution < -0.4 is 5.32 Å². The average molecular weight is 332 g/mol. The molecular formula is C16H24N6S. The first-order valence-corrected chi connectivity index (χ1v) is 9.01. The van der Waals surface area contributed by atoms with Crippen LogP contribution in [0.5, 0.6) is 0 Å². The molecule has 0 saturated carbocycles. The number of nitrogens with one attached hydrogen (secondary N) is 1. The maximum absolute atomic E-state index is 4.38. The van der Waals surface area contributed by atoms with Crippen LogP contribution in [0.1, 0.15) is 29.4 Å². The van der Waals surface area contributed by atoms with E-state index in [1.54, 1.807) is 11.3 Å². The summed E-state index contributed by atoms with van der Waals surface area (Å²) in [6.45, 7) is 2.65. The summed E-state index contributed by atoms with van der Waals surface area (Å²) in [5.41, 5.74) is 0. The lowest BCUT2D eigenvalue weighted by atomic mass is 10.2. The van der Waals surface area contributed by atoms with Crippen molar-refractivity contribution < 1.29 is 0 Å². The first-order valence-electron chi connectivity index (χ1n) is 8.13. The number of aromatic nitrogens is 3. The quantitative estimate of drug-likeness (QED) is 0.671. The van der Waals surface area contributed by atoms with Gasteiger partial charge in [-0.2, -0.15) is 0 Å². The van der Waals surface area contributed by atoms with E-state index in [2.05, 4.69) is 54.5 Å². The first-order chi connectivity index (χ1) is 11.3. The van der Waals surface area contributed by atoms with Crippen molar-refractivity contribution in [2.45, 2.75) is 38.8 Å². The van der Waals surface area contributed by atoms with E-state index in [1.807, 2.05) is 7.05 Å². The summed E-state index contributed by atoms with van der Waals surface area (Å²) >= 11 is 1.80. The van der Waals surface area contributed by atoms with Crippen LogP contribution in [0.3, 0.4) is 0 Å². The molecule has 3 heterocycles. The van der Waals surface area contributed by atoms with Crippen molar-refractivity contribution in [1.29, 1.82) is 0 Å². The normalized spacial score (nSPS) is 14.6. The summed E-state index contributed by atoms with van der Waals surface area (Å²) in [6, 6.07) is 4.28. The summed E-state index contributed by atoms with van der Waals surface area (Å²) < 4.78 is 2.25. The molecule has 0 fully saturated rings. The third-order valence-electron chi connectivity index (χ3n) is 4.19. The Morgan fingerprint density at radius 1 is 1.43 bits per heavy atom. The maximum Gasteiger partial charge on any atom is 0.193 e. The van der Waals surface area contributed by atoms with Gasteiger partial charge in [0.1, 0.15) is 5.82 Å². The van der Waals surface area contributed by atoms with Gasteiger partial charge in [0, 0.05) is 38.5 Å². The molecule has 6 nitrogen and oxygen atoms in total. The molecule has 0 amide bonds. The number of nitrogens with zero attached hydrogens (tertiary/aromatic N) is 5. The van der Waals surface area contributed by atoms with Crippen molar-refractivity contribution in [3.05, 3.63) is 34.0 Å². The van der Waals surface area contributed by atoms with Crippen LogP contribution in [0.15, 0.2) is 22.5 Å². The molecule has 2 aromatic heterocycles. The van der Waals surface area contributed by atoms with Gasteiger partial charge in [-0.1, -0.05) is 6.07 Å². The molecule has 124 valence electrons. The third-order valence-corrected chi connectivity index (χ3v) is 5.12. The predicted octanol–water partition coefficient (Wildman–Crippen LogP) is 1.93. The fraction of sp³-hybridized carbons (Fsp3) is 0.562. The SMILES string of the molecule is CN=C(NCc1nnc2n1CCCC2)N(C)CCc1cccs1. The highest BCUT2D eigenvalue weighted by Crippen LogP contribution is 2.14. The van der Waals surface area contributed by atoms with Gasteiger partial charge < -0.3 is 14.8 Å². The topological polar surface area (TPSA) is 58.3 Å². The van der Waals surface area contributed by atoms with E-state index in [-0.39, 0.29) is 0 Å². The van der Waals surface area contributed by atoms with Crippen molar-refractivity contribution in [1.82, 2.24) is 25.0 Å². The van der Waals surface area contributed by atoms with E-state index in [1.165, 1.54) is 17.7 Å². The van der Waals surface area contributed by atoms with Crippen molar-refractivity contribution in [3.8, 4) is 0 Å². The van der Waals surface area contributed by atoms with Gasteiger partial charge in [-0.15, -0.1) is 21.5 Å². The van der Waals surface area contributed by atoms with Gasteiger partial charge in [0.25, 0.3) is 0 Å². The molecule has 1 aliphatic rings. The molecule has 0 saturated heterocycles. The highest BCUT2D eigenvalue weighted by Gasteiger charge is 2.16. The number of rotatable bonds is 5. The zero-order valence-corrected chi connectivity index (χ0v) is 14.6.